The standard InChI is InChI=1S/C25H22N4O/c1-16-12-14-19(15-13-16)27-24(30)22-17(2)26-25-28-20-10-6-7-11-21(20)29(25)23(22)18-8-4-3-5-9-18/h3-15,23H,1-2H3,(H,26,28)(H,27,30)/t23-/m1/s1. The zero-order valence-corrected chi connectivity index (χ0v) is 16.9. The fourth-order valence-electron chi connectivity index (χ4n) is 4.04. The molecule has 4 aromatic rings. The number of benzene rings is 3. The molecule has 0 unspecified atom stereocenters. The van der Waals surface area contributed by atoms with Crippen LogP contribution in [0, 0.1) is 6.92 Å². The van der Waals surface area contributed by atoms with Crippen LogP contribution in [0.4, 0.5) is 11.6 Å². The van der Waals surface area contributed by atoms with Crippen molar-refractivity contribution in [2.45, 2.75) is 19.9 Å². The maximum absolute atomic E-state index is 13.5. The summed E-state index contributed by atoms with van der Waals surface area (Å²) in [5.74, 6) is 0.621. The summed E-state index contributed by atoms with van der Waals surface area (Å²) >= 11 is 0. The second kappa shape index (κ2) is 7.19. The zero-order valence-electron chi connectivity index (χ0n) is 16.9. The molecule has 0 radical (unpaired) electrons. The number of hydrogen-bond donors (Lipinski definition) is 2. The van der Waals surface area contributed by atoms with Gasteiger partial charge in [0.1, 0.15) is 0 Å². The summed E-state index contributed by atoms with van der Waals surface area (Å²) in [5, 5.41) is 6.42. The van der Waals surface area contributed by atoms with Crippen LogP contribution in [0.25, 0.3) is 11.0 Å². The molecule has 148 valence electrons. The van der Waals surface area contributed by atoms with Crippen molar-refractivity contribution in [3.63, 3.8) is 0 Å². The average Bonchev–Trinajstić information content (AvgIpc) is 3.12. The summed E-state index contributed by atoms with van der Waals surface area (Å²) in [5.41, 5.74) is 6.33. The van der Waals surface area contributed by atoms with Crippen molar-refractivity contribution in [3.8, 4) is 0 Å². The van der Waals surface area contributed by atoms with Gasteiger partial charge < -0.3 is 10.6 Å². The molecule has 1 aliphatic heterocycles. The molecule has 0 fully saturated rings. The summed E-state index contributed by atoms with van der Waals surface area (Å²) in [7, 11) is 0. The number of imidazole rings is 1. The number of allylic oxidation sites excluding steroid dienone is 1. The van der Waals surface area contributed by atoms with Crippen molar-refractivity contribution in [3.05, 3.63) is 101 Å². The van der Waals surface area contributed by atoms with Gasteiger partial charge in [0.05, 0.1) is 22.6 Å². The number of aryl methyl sites for hydroxylation is 1. The molecule has 1 aliphatic rings. The number of aromatic nitrogens is 2. The Labute approximate surface area is 175 Å². The number of rotatable bonds is 3. The van der Waals surface area contributed by atoms with Crippen LogP contribution >= 0.6 is 0 Å². The van der Waals surface area contributed by atoms with E-state index in [1.165, 1.54) is 0 Å². The molecule has 1 aromatic heterocycles. The molecule has 30 heavy (non-hydrogen) atoms. The van der Waals surface area contributed by atoms with Crippen LogP contribution in [0.3, 0.4) is 0 Å². The molecule has 1 atom stereocenters. The van der Waals surface area contributed by atoms with E-state index in [0.717, 1.165) is 39.5 Å². The van der Waals surface area contributed by atoms with Gasteiger partial charge in [-0.15, -0.1) is 0 Å². The lowest BCUT2D eigenvalue weighted by atomic mass is 9.94. The van der Waals surface area contributed by atoms with Gasteiger partial charge in [-0.25, -0.2) is 4.98 Å². The largest absolute Gasteiger partial charge is 0.329 e. The summed E-state index contributed by atoms with van der Waals surface area (Å²) < 4.78 is 2.11. The van der Waals surface area contributed by atoms with E-state index in [1.807, 2.05) is 80.6 Å². The van der Waals surface area contributed by atoms with Crippen LogP contribution in [0.1, 0.15) is 24.1 Å². The normalized spacial score (nSPS) is 15.6. The Morgan fingerprint density at radius 1 is 0.933 bits per heavy atom. The molecule has 5 rings (SSSR count). The number of nitrogens with zero attached hydrogens (tertiary/aromatic N) is 2. The minimum Gasteiger partial charge on any atom is -0.329 e. The number of para-hydroxylation sites is 2. The summed E-state index contributed by atoms with van der Waals surface area (Å²) in [6, 6.07) is 25.7. The van der Waals surface area contributed by atoms with E-state index in [9.17, 15) is 4.79 Å². The van der Waals surface area contributed by atoms with E-state index in [-0.39, 0.29) is 11.9 Å². The summed E-state index contributed by atoms with van der Waals surface area (Å²) in [6.45, 7) is 3.96. The van der Waals surface area contributed by atoms with Crippen molar-refractivity contribution in [1.82, 2.24) is 9.55 Å². The topological polar surface area (TPSA) is 59.0 Å². The van der Waals surface area contributed by atoms with Crippen LogP contribution in [0.5, 0.6) is 0 Å². The smallest absolute Gasteiger partial charge is 0.255 e. The lowest BCUT2D eigenvalue weighted by Crippen LogP contribution is -2.30. The highest BCUT2D eigenvalue weighted by Gasteiger charge is 2.33. The van der Waals surface area contributed by atoms with Crippen LogP contribution in [0.2, 0.25) is 0 Å². The Bertz CT molecular complexity index is 1270. The molecule has 0 spiro atoms. The molecular formula is C25H22N4O. The van der Waals surface area contributed by atoms with Crippen molar-refractivity contribution in [1.29, 1.82) is 0 Å². The SMILES string of the molecule is CC1=C(C(=O)Nc2ccc(C)cc2)[C@@H](c2ccccc2)n2c(nc3ccccc32)N1. The Hall–Kier alpha value is -3.86. The molecule has 5 heteroatoms. The Morgan fingerprint density at radius 3 is 2.40 bits per heavy atom. The highest BCUT2D eigenvalue weighted by Crippen LogP contribution is 2.39. The second-order valence-electron chi connectivity index (χ2n) is 7.59. The molecule has 3 aromatic carbocycles. The van der Waals surface area contributed by atoms with Gasteiger partial charge in [-0.1, -0.05) is 60.2 Å². The van der Waals surface area contributed by atoms with E-state index >= 15 is 0 Å². The number of anilines is 2. The number of carbonyl (C=O) groups excluding carboxylic acids is 1. The molecule has 2 N–H and O–H groups in total. The fraction of sp³-hybridized carbons (Fsp3) is 0.120. The van der Waals surface area contributed by atoms with E-state index < -0.39 is 0 Å². The van der Waals surface area contributed by atoms with Crippen molar-refractivity contribution >= 4 is 28.6 Å². The first-order valence-electron chi connectivity index (χ1n) is 9.99. The fourth-order valence-corrected chi connectivity index (χ4v) is 4.04. The number of fused-ring (bicyclic) bond motifs is 3. The first-order chi connectivity index (χ1) is 14.6. The average molecular weight is 394 g/mol. The first kappa shape index (κ1) is 18.2. The van der Waals surface area contributed by atoms with Crippen molar-refractivity contribution in [2.75, 3.05) is 10.6 Å². The molecule has 5 nitrogen and oxygen atoms in total. The summed E-state index contributed by atoms with van der Waals surface area (Å²) in [6.07, 6.45) is 0. The molecule has 0 saturated heterocycles. The lowest BCUT2D eigenvalue weighted by molar-refractivity contribution is -0.113. The van der Waals surface area contributed by atoms with E-state index in [4.69, 9.17) is 4.98 Å². The van der Waals surface area contributed by atoms with Gasteiger partial charge in [-0.05, 0) is 43.7 Å². The maximum Gasteiger partial charge on any atom is 0.255 e. The molecule has 0 bridgehead atoms. The van der Waals surface area contributed by atoms with Crippen LogP contribution < -0.4 is 10.6 Å². The third kappa shape index (κ3) is 3.05. The van der Waals surface area contributed by atoms with Gasteiger partial charge in [0, 0.05) is 11.4 Å². The van der Waals surface area contributed by atoms with Crippen LogP contribution in [-0.2, 0) is 4.79 Å². The van der Waals surface area contributed by atoms with Crippen LogP contribution in [0.15, 0.2) is 90.1 Å². The Balaban J connectivity index is 1.65. The summed E-state index contributed by atoms with van der Waals surface area (Å²) in [4.78, 5) is 18.2. The zero-order chi connectivity index (χ0) is 20.7. The predicted molar refractivity (Wildman–Crippen MR) is 120 cm³/mol. The maximum atomic E-state index is 13.5. The number of nitrogens with one attached hydrogen (secondary N) is 2. The van der Waals surface area contributed by atoms with Gasteiger partial charge in [0.25, 0.3) is 5.91 Å². The van der Waals surface area contributed by atoms with Gasteiger partial charge in [-0.2, -0.15) is 0 Å². The quantitative estimate of drug-likeness (QED) is 0.497. The lowest BCUT2D eigenvalue weighted by Gasteiger charge is -2.30. The van der Waals surface area contributed by atoms with Gasteiger partial charge >= 0.3 is 0 Å². The molecular weight excluding hydrogens is 372 g/mol. The third-order valence-corrected chi connectivity index (χ3v) is 5.50. The van der Waals surface area contributed by atoms with Crippen LogP contribution in [-0.4, -0.2) is 15.5 Å². The van der Waals surface area contributed by atoms with Gasteiger partial charge in [0.15, 0.2) is 0 Å². The van der Waals surface area contributed by atoms with E-state index in [2.05, 4.69) is 27.3 Å². The Morgan fingerprint density at radius 2 is 1.63 bits per heavy atom. The second-order valence-corrected chi connectivity index (χ2v) is 7.59. The molecule has 1 amide bonds. The van der Waals surface area contributed by atoms with Crippen molar-refractivity contribution < 1.29 is 4.79 Å². The van der Waals surface area contributed by atoms with Gasteiger partial charge in [-0.3, -0.25) is 9.36 Å². The third-order valence-electron chi connectivity index (χ3n) is 5.50. The van der Waals surface area contributed by atoms with E-state index in [0.29, 0.717) is 5.57 Å². The minimum absolute atomic E-state index is 0.124. The molecule has 0 aliphatic carbocycles. The highest BCUT2D eigenvalue weighted by molar-refractivity contribution is 6.06. The number of hydrogen-bond acceptors (Lipinski definition) is 3. The molecule has 0 saturated carbocycles. The number of carbonyl (C=O) groups is 1. The van der Waals surface area contributed by atoms with Gasteiger partial charge in [0.2, 0.25) is 5.95 Å². The first-order valence-corrected chi connectivity index (χ1v) is 9.99. The molecule has 2 heterocycles. The minimum atomic E-state index is -0.278. The van der Waals surface area contributed by atoms with E-state index in [1.54, 1.807) is 0 Å². The van der Waals surface area contributed by atoms with Crippen molar-refractivity contribution in [2.24, 2.45) is 0 Å². The Kier molecular flexibility index (Phi) is 4.36. The predicted octanol–water partition coefficient (Wildman–Crippen LogP) is 5.27. The number of amides is 1. The highest BCUT2D eigenvalue weighted by atomic mass is 16.1. The monoisotopic (exact) mass is 394 g/mol.